The highest BCUT2D eigenvalue weighted by Gasteiger charge is 2.53. The molecular formula is C12H15N3O4S. The summed E-state index contributed by atoms with van der Waals surface area (Å²) >= 11 is 1.28. The van der Waals surface area contributed by atoms with Crippen molar-refractivity contribution in [1.82, 2.24) is 14.9 Å². The van der Waals surface area contributed by atoms with Crippen LogP contribution in [0.25, 0.3) is 0 Å². The number of fused-ring (bicyclic) bond motifs is 1. The van der Waals surface area contributed by atoms with Gasteiger partial charge < -0.3 is 10.2 Å². The highest BCUT2D eigenvalue weighted by Crippen LogP contribution is 2.47. The Morgan fingerprint density at radius 2 is 2.15 bits per heavy atom. The third kappa shape index (κ3) is 1.91. The summed E-state index contributed by atoms with van der Waals surface area (Å²) in [6, 6.07) is -1.29. The maximum absolute atomic E-state index is 11.5. The Balaban J connectivity index is 2.70. The lowest BCUT2D eigenvalue weighted by Crippen LogP contribution is -2.45. The number of carboxylic acid groups (broad SMARTS) is 2. The molecule has 0 saturated heterocycles. The van der Waals surface area contributed by atoms with Crippen molar-refractivity contribution in [3.05, 3.63) is 17.5 Å². The summed E-state index contributed by atoms with van der Waals surface area (Å²) in [6.07, 6.45) is 2.49. The van der Waals surface area contributed by atoms with Crippen LogP contribution in [0.4, 0.5) is 4.79 Å². The Labute approximate surface area is 120 Å². The van der Waals surface area contributed by atoms with E-state index in [4.69, 9.17) is 0 Å². The van der Waals surface area contributed by atoms with Gasteiger partial charge in [0.2, 0.25) is 0 Å². The number of nitrogens with zero attached hydrogens (tertiary/aromatic N) is 3. The first-order chi connectivity index (χ1) is 9.36. The SMILES string of the molecule is CCC1(C)c2cnc(SC)nc2C(C(=O)O)N1C(=O)O. The van der Waals surface area contributed by atoms with E-state index in [1.165, 1.54) is 18.0 Å². The summed E-state index contributed by atoms with van der Waals surface area (Å²) < 4.78 is 0. The van der Waals surface area contributed by atoms with E-state index in [-0.39, 0.29) is 5.69 Å². The Kier molecular flexibility index (Phi) is 3.59. The van der Waals surface area contributed by atoms with Crippen LogP contribution in [0.2, 0.25) is 0 Å². The van der Waals surface area contributed by atoms with Crippen molar-refractivity contribution in [1.29, 1.82) is 0 Å². The highest BCUT2D eigenvalue weighted by molar-refractivity contribution is 7.98. The highest BCUT2D eigenvalue weighted by atomic mass is 32.2. The van der Waals surface area contributed by atoms with Gasteiger partial charge in [-0.1, -0.05) is 18.7 Å². The molecule has 0 radical (unpaired) electrons. The molecule has 2 atom stereocenters. The van der Waals surface area contributed by atoms with Crippen molar-refractivity contribution in [3.8, 4) is 0 Å². The molecule has 1 aliphatic rings. The summed E-state index contributed by atoms with van der Waals surface area (Å²) in [4.78, 5) is 32.3. The van der Waals surface area contributed by atoms with Gasteiger partial charge in [0.25, 0.3) is 0 Å². The second-order valence-corrected chi connectivity index (χ2v) is 5.45. The summed E-state index contributed by atoms with van der Waals surface area (Å²) in [5.74, 6) is -1.23. The van der Waals surface area contributed by atoms with Crippen LogP contribution in [0.5, 0.6) is 0 Å². The average Bonchev–Trinajstić information content (AvgIpc) is 2.68. The van der Waals surface area contributed by atoms with Gasteiger partial charge in [-0.3, -0.25) is 4.90 Å². The minimum atomic E-state index is -1.29. The number of aromatic nitrogens is 2. The van der Waals surface area contributed by atoms with E-state index in [1.54, 1.807) is 13.2 Å². The minimum absolute atomic E-state index is 0.267. The van der Waals surface area contributed by atoms with E-state index < -0.39 is 23.6 Å². The van der Waals surface area contributed by atoms with Gasteiger partial charge in [0.1, 0.15) is 0 Å². The zero-order chi connectivity index (χ0) is 15.1. The molecule has 0 bridgehead atoms. The van der Waals surface area contributed by atoms with E-state index in [0.717, 1.165) is 4.90 Å². The number of amides is 1. The molecule has 0 spiro atoms. The van der Waals surface area contributed by atoms with Gasteiger partial charge in [0.15, 0.2) is 11.2 Å². The molecule has 2 N–H and O–H groups in total. The molecule has 0 aliphatic carbocycles. The van der Waals surface area contributed by atoms with E-state index in [0.29, 0.717) is 17.1 Å². The number of carbonyl (C=O) groups is 2. The van der Waals surface area contributed by atoms with Crippen molar-refractivity contribution < 1.29 is 19.8 Å². The first-order valence-corrected chi connectivity index (χ1v) is 7.25. The van der Waals surface area contributed by atoms with Crippen LogP contribution >= 0.6 is 11.8 Å². The van der Waals surface area contributed by atoms with Crippen LogP contribution in [-0.2, 0) is 10.3 Å². The molecule has 1 aromatic heterocycles. The zero-order valence-corrected chi connectivity index (χ0v) is 12.1. The molecule has 2 heterocycles. The van der Waals surface area contributed by atoms with E-state index in [1.807, 2.05) is 6.92 Å². The van der Waals surface area contributed by atoms with Crippen LogP contribution in [-0.4, -0.2) is 43.4 Å². The second-order valence-electron chi connectivity index (χ2n) is 4.68. The van der Waals surface area contributed by atoms with Crippen LogP contribution < -0.4 is 0 Å². The number of hydrogen-bond acceptors (Lipinski definition) is 5. The van der Waals surface area contributed by atoms with Gasteiger partial charge in [-0.25, -0.2) is 19.6 Å². The number of carboxylic acids is 1. The first-order valence-electron chi connectivity index (χ1n) is 6.03. The lowest BCUT2D eigenvalue weighted by atomic mass is 9.92. The molecule has 8 heteroatoms. The fourth-order valence-corrected chi connectivity index (χ4v) is 2.89. The number of hydrogen-bond donors (Lipinski definition) is 2. The molecule has 20 heavy (non-hydrogen) atoms. The topological polar surface area (TPSA) is 104 Å². The first kappa shape index (κ1) is 14.6. The molecule has 1 amide bonds. The Morgan fingerprint density at radius 1 is 1.50 bits per heavy atom. The number of aliphatic carboxylic acids is 1. The quantitative estimate of drug-likeness (QED) is 0.649. The van der Waals surface area contributed by atoms with Crippen molar-refractivity contribution in [3.63, 3.8) is 0 Å². The van der Waals surface area contributed by atoms with E-state index in [2.05, 4.69) is 9.97 Å². The Hall–Kier alpha value is -1.83. The van der Waals surface area contributed by atoms with Gasteiger partial charge in [0, 0.05) is 11.8 Å². The fraction of sp³-hybridized carbons (Fsp3) is 0.500. The third-order valence-electron chi connectivity index (χ3n) is 3.74. The van der Waals surface area contributed by atoms with Gasteiger partial charge in [-0.15, -0.1) is 0 Å². The number of rotatable bonds is 3. The van der Waals surface area contributed by atoms with E-state index >= 15 is 0 Å². The molecule has 0 saturated carbocycles. The molecular weight excluding hydrogens is 282 g/mol. The third-order valence-corrected chi connectivity index (χ3v) is 4.30. The summed E-state index contributed by atoms with van der Waals surface area (Å²) in [6.45, 7) is 3.51. The maximum atomic E-state index is 11.5. The molecule has 1 aromatic rings. The predicted molar refractivity (Wildman–Crippen MR) is 71.7 cm³/mol. The molecule has 2 unspecified atom stereocenters. The van der Waals surface area contributed by atoms with Gasteiger partial charge in [0.05, 0.1) is 11.2 Å². The Morgan fingerprint density at radius 3 is 2.60 bits per heavy atom. The average molecular weight is 297 g/mol. The summed E-state index contributed by atoms with van der Waals surface area (Å²) in [5.41, 5.74) is -0.0996. The fourth-order valence-electron chi connectivity index (χ4n) is 2.55. The monoisotopic (exact) mass is 297 g/mol. The maximum Gasteiger partial charge on any atom is 0.409 e. The number of thioether (sulfide) groups is 1. The molecule has 1 aliphatic heterocycles. The van der Waals surface area contributed by atoms with Gasteiger partial charge >= 0.3 is 12.1 Å². The van der Waals surface area contributed by atoms with Crippen LogP contribution in [0.1, 0.15) is 37.6 Å². The summed E-state index contributed by atoms with van der Waals surface area (Å²) in [7, 11) is 0. The van der Waals surface area contributed by atoms with Crippen LogP contribution in [0, 0.1) is 0 Å². The standard InChI is InChI=1S/C12H15N3O4S/c1-4-12(2)6-5-13-10(20-3)14-7(6)8(9(16)17)15(12)11(18)19/h5,8H,4H2,1-3H3,(H,16,17)(H,18,19). The molecule has 108 valence electrons. The Bertz CT molecular complexity index is 580. The van der Waals surface area contributed by atoms with Crippen molar-refractivity contribution in [2.75, 3.05) is 6.26 Å². The van der Waals surface area contributed by atoms with Crippen LogP contribution in [0.3, 0.4) is 0 Å². The predicted octanol–water partition coefficient (Wildman–Crippen LogP) is 1.94. The van der Waals surface area contributed by atoms with Gasteiger partial charge in [-0.2, -0.15) is 0 Å². The smallest absolute Gasteiger partial charge is 0.409 e. The molecule has 0 fully saturated rings. The molecule has 7 nitrogen and oxygen atoms in total. The van der Waals surface area contributed by atoms with E-state index in [9.17, 15) is 19.8 Å². The van der Waals surface area contributed by atoms with Gasteiger partial charge in [-0.05, 0) is 19.6 Å². The minimum Gasteiger partial charge on any atom is -0.479 e. The lowest BCUT2D eigenvalue weighted by Gasteiger charge is -2.34. The second kappa shape index (κ2) is 4.93. The normalized spacial score (nSPS) is 24.6. The molecule has 0 aromatic carbocycles. The lowest BCUT2D eigenvalue weighted by molar-refractivity contribution is -0.144. The van der Waals surface area contributed by atoms with Crippen molar-refractivity contribution >= 4 is 23.8 Å². The van der Waals surface area contributed by atoms with Crippen molar-refractivity contribution in [2.24, 2.45) is 0 Å². The van der Waals surface area contributed by atoms with Crippen LogP contribution in [0.15, 0.2) is 11.4 Å². The largest absolute Gasteiger partial charge is 0.479 e. The van der Waals surface area contributed by atoms with Crippen molar-refractivity contribution in [2.45, 2.75) is 37.0 Å². The molecule has 2 rings (SSSR count). The zero-order valence-electron chi connectivity index (χ0n) is 11.3. The summed E-state index contributed by atoms with van der Waals surface area (Å²) in [5, 5.41) is 19.2.